The number of hydrogen-bond donors (Lipinski definition) is 2. The number of aliphatic imine (C=N–C) groups is 1. The second-order valence-electron chi connectivity index (χ2n) is 6.38. The van der Waals surface area contributed by atoms with Gasteiger partial charge in [0.1, 0.15) is 0 Å². The summed E-state index contributed by atoms with van der Waals surface area (Å²) in [6, 6.07) is 9.85. The topological polar surface area (TPSA) is 69.6 Å². The lowest BCUT2D eigenvalue weighted by Gasteiger charge is -2.19. The van der Waals surface area contributed by atoms with Crippen LogP contribution in [0.3, 0.4) is 0 Å². The summed E-state index contributed by atoms with van der Waals surface area (Å²) in [4.78, 5) is 24.2. The van der Waals surface area contributed by atoms with Crippen molar-refractivity contribution in [3.05, 3.63) is 45.9 Å². The highest BCUT2D eigenvalue weighted by Gasteiger charge is 2.30. The van der Waals surface area contributed by atoms with Crippen LogP contribution in [0.4, 0.5) is 5.69 Å². The van der Waals surface area contributed by atoms with Crippen molar-refractivity contribution in [3.63, 3.8) is 0 Å². The molecule has 2 aromatic rings. The number of halogens is 1. The normalized spacial score (nSPS) is 17.0. The smallest absolute Gasteiger partial charge is 0.229 e. The minimum atomic E-state index is 0. The van der Waals surface area contributed by atoms with Crippen LogP contribution in [-0.4, -0.2) is 43.0 Å². The second kappa shape index (κ2) is 10.0. The molecule has 1 amide bonds. The Bertz CT molecular complexity index is 793. The molecule has 1 atom stereocenters. The number of anilines is 1. The third-order valence-electron chi connectivity index (χ3n) is 4.40. The lowest BCUT2D eigenvalue weighted by atomic mass is 10.2. The summed E-state index contributed by atoms with van der Waals surface area (Å²) in [5.74, 6) is 0.872. The van der Waals surface area contributed by atoms with E-state index < -0.39 is 0 Å². The molecule has 1 aromatic heterocycles. The first-order chi connectivity index (χ1) is 12.6. The summed E-state index contributed by atoms with van der Waals surface area (Å²) in [7, 11) is 1.75. The van der Waals surface area contributed by atoms with Gasteiger partial charge in [0.2, 0.25) is 5.91 Å². The number of nitrogens with zero attached hydrogens (tertiary/aromatic N) is 3. The van der Waals surface area contributed by atoms with E-state index in [2.05, 4.69) is 20.6 Å². The van der Waals surface area contributed by atoms with Crippen molar-refractivity contribution >= 4 is 52.9 Å². The van der Waals surface area contributed by atoms with Gasteiger partial charge in [0.15, 0.2) is 5.96 Å². The van der Waals surface area contributed by atoms with Gasteiger partial charge in [-0.1, -0.05) is 18.2 Å². The molecule has 2 N–H and O–H groups in total. The average molecular weight is 499 g/mol. The Hall–Kier alpha value is -1.68. The van der Waals surface area contributed by atoms with Crippen molar-refractivity contribution in [3.8, 4) is 0 Å². The van der Waals surface area contributed by atoms with Crippen LogP contribution in [0.1, 0.15) is 22.0 Å². The van der Waals surface area contributed by atoms with Crippen molar-refractivity contribution < 1.29 is 4.79 Å². The molecule has 0 bridgehead atoms. The number of nitrogens with one attached hydrogen (secondary N) is 2. The lowest BCUT2D eigenvalue weighted by molar-refractivity contribution is -0.117. The summed E-state index contributed by atoms with van der Waals surface area (Å²) in [6.45, 7) is 5.51. The first kappa shape index (κ1) is 21.6. The maximum atomic E-state index is 12.3. The van der Waals surface area contributed by atoms with E-state index in [-0.39, 0.29) is 35.9 Å². The van der Waals surface area contributed by atoms with Gasteiger partial charge >= 0.3 is 0 Å². The zero-order valence-electron chi connectivity index (χ0n) is 15.9. The van der Waals surface area contributed by atoms with Crippen molar-refractivity contribution in [2.75, 3.05) is 25.0 Å². The second-order valence-corrected chi connectivity index (χ2v) is 7.66. The number of amides is 1. The molecular formula is C19H26IN5OS. The molecule has 0 saturated carbocycles. The summed E-state index contributed by atoms with van der Waals surface area (Å²) in [5.41, 5.74) is 2.05. The van der Waals surface area contributed by atoms with E-state index in [1.165, 1.54) is 4.88 Å². The molecular weight excluding hydrogens is 473 g/mol. The van der Waals surface area contributed by atoms with Crippen LogP contribution in [0, 0.1) is 13.8 Å². The monoisotopic (exact) mass is 499 g/mol. The highest BCUT2D eigenvalue weighted by atomic mass is 127. The minimum Gasteiger partial charge on any atom is -0.356 e. The first-order valence-corrected chi connectivity index (χ1v) is 9.64. The molecule has 1 fully saturated rings. The van der Waals surface area contributed by atoms with E-state index in [9.17, 15) is 4.79 Å². The predicted octanol–water partition coefficient (Wildman–Crippen LogP) is 2.89. The van der Waals surface area contributed by atoms with Gasteiger partial charge in [-0.3, -0.25) is 9.79 Å². The zero-order valence-corrected chi connectivity index (χ0v) is 19.0. The Balaban J connectivity index is 0.00000261. The molecule has 3 rings (SSSR count). The first-order valence-electron chi connectivity index (χ1n) is 8.82. The van der Waals surface area contributed by atoms with Crippen molar-refractivity contribution in [1.82, 2.24) is 15.6 Å². The Morgan fingerprint density at radius 3 is 2.70 bits per heavy atom. The molecule has 0 aliphatic carbocycles. The van der Waals surface area contributed by atoms with Crippen molar-refractivity contribution in [2.24, 2.45) is 4.99 Å². The van der Waals surface area contributed by atoms with Crippen LogP contribution in [0.2, 0.25) is 0 Å². The number of carbonyl (C=O) groups excluding carboxylic acids is 1. The van der Waals surface area contributed by atoms with Crippen LogP contribution in [0.25, 0.3) is 0 Å². The summed E-state index contributed by atoms with van der Waals surface area (Å²) < 4.78 is 0. The molecule has 0 radical (unpaired) electrons. The van der Waals surface area contributed by atoms with E-state index in [1.807, 2.05) is 49.1 Å². The number of rotatable bonds is 5. The third-order valence-corrected chi connectivity index (χ3v) is 5.53. The largest absolute Gasteiger partial charge is 0.356 e. The zero-order chi connectivity index (χ0) is 18.5. The van der Waals surface area contributed by atoms with Crippen molar-refractivity contribution in [1.29, 1.82) is 0 Å². The van der Waals surface area contributed by atoms with Gasteiger partial charge in [0, 0.05) is 43.5 Å². The van der Waals surface area contributed by atoms with E-state index >= 15 is 0 Å². The lowest BCUT2D eigenvalue weighted by Crippen LogP contribution is -2.45. The molecule has 1 saturated heterocycles. The summed E-state index contributed by atoms with van der Waals surface area (Å²) in [6.07, 6.45) is 1.39. The van der Waals surface area contributed by atoms with Gasteiger partial charge in [-0.25, -0.2) is 4.98 Å². The molecule has 1 aliphatic heterocycles. The molecule has 146 valence electrons. The standard InChI is InChI=1S/C19H25N5OS.HI/c1-13-17(26-14(2)22-13)9-10-21-19(20-3)23-15-11-18(25)24(12-15)16-7-5-4-6-8-16;/h4-8,15H,9-12H2,1-3H3,(H2,20,21,23);1H. The minimum absolute atomic E-state index is 0. The van der Waals surface area contributed by atoms with Crippen LogP contribution < -0.4 is 15.5 Å². The number of aromatic nitrogens is 1. The fourth-order valence-corrected chi connectivity index (χ4v) is 4.09. The molecule has 8 heteroatoms. The van der Waals surface area contributed by atoms with Gasteiger partial charge in [0.05, 0.1) is 16.7 Å². The number of carbonyl (C=O) groups is 1. The fourth-order valence-electron chi connectivity index (χ4n) is 3.15. The van der Waals surface area contributed by atoms with E-state index in [1.54, 1.807) is 18.4 Å². The van der Waals surface area contributed by atoms with Crippen LogP contribution in [0.5, 0.6) is 0 Å². The van der Waals surface area contributed by atoms with Gasteiger partial charge in [-0.05, 0) is 26.0 Å². The molecule has 2 heterocycles. The van der Waals surface area contributed by atoms with Crippen molar-refractivity contribution in [2.45, 2.75) is 32.7 Å². The third kappa shape index (κ3) is 5.65. The Kier molecular flexibility index (Phi) is 8.03. The van der Waals surface area contributed by atoms with E-state index in [4.69, 9.17) is 0 Å². The number of thiazole rings is 1. The Morgan fingerprint density at radius 1 is 1.33 bits per heavy atom. The fraction of sp³-hybridized carbons (Fsp3) is 0.421. The molecule has 0 spiro atoms. The predicted molar refractivity (Wildman–Crippen MR) is 122 cm³/mol. The van der Waals surface area contributed by atoms with Crippen LogP contribution in [-0.2, 0) is 11.2 Å². The number of para-hydroxylation sites is 1. The van der Waals surface area contributed by atoms with Gasteiger partial charge in [0.25, 0.3) is 0 Å². The van der Waals surface area contributed by atoms with Gasteiger partial charge in [-0.15, -0.1) is 35.3 Å². The SMILES string of the molecule is CN=C(NCCc1sc(C)nc1C)NC1CC(=O)N(c2ccccc2)C1.I. The van der Waals surface area contributed by atoms with Gasteiger partial charge < -0.3 is 15.5 Å². The number of benzene rings is 1. The molecule has 1 aromatic carbocycles. The maximum Gasteiger partial charge on any atom is 0.229 e. The maximum absolute atomic E-state index is 12.3. The average Bonchev–Trinajstić information content (AvgIpc) is 3.16. The number of guanidine groups is 1. The summed E-state index contributed by atoms with van der Waals surface area (Å²) in [5, 5.41) is 7.81. The van der Waals surface area contributed by atoms with Crippen LogP contribution in [0.15, 0.2) is 35.3 Å². The molecule has 6 nitrogen and oxygen atoms in total. The molecule has 1 aliphatic rings. The summed E-state index contributed by atoms with van der Waals surface area (Å²) >= 11 is 1.74. The molecule has 27 heavy (non-hydrogen) atoms. The van der Waals surface area contributed by atoms with Crippen LogP contribution >= 0.6 is 35.3 Å². The molecule has 1 unspecified atom stereocenters. The number of aryl methyl sites for hydroxylation is 2. The van der Waals surface area contributed by atoms with E-state index in [0.717, 1.165) is 35.3 Å². The highest BCUT2D eigenvalue weighted by Crippen LogP contribution is 2.21. The number of hydrogen-bond acceptors (Lipinski definition) is 4. The highest BCUT2D eigenvalue weighted by molar-refractivity contribution is 14.0. The Morgan fingerprint density at radius 2 is 2.07 bits per heavy atom. The van der Waals surface area contributed by atoms with E-state index in [0.29, 0.717) is 13.0 Å². The Labute approximate surface area is 181 Å². The quantitative estimate of drug-likeness (QED) is 0.377. The van der Waals surface area contributed by atoms with Gasteiger partial charge in [-0.2, -0.15) is 0 Å².